The zero-order chi connectivity index (χ0) is 25.1. The minimum Gasteiger partial charge on any atom is -0.497 e. The van der Waals surface area contributed by atoms with Crippen LogP contribution < -0.4 is 20.5 Å². The highest BCUT2D eigenvalue weighted by Gasteiger charge is 2.16. The number of ether oxygens (including phenoxy) is 4. The van der Waals surface area contributed by atoms with Gasteiger partial charge in [0.2, 0.25) is 0 Å². The van der Waals surface area contributed by atoms with Gasteiger partial charge in [-0.3, -0.25) is 4.79 Å². The number of anilines is 2. The van der Waals surface area contributed by atoms with E-state index < -0.39 is 11.9 Å². The Morgan fingerprint density at radius 1 is 0.706 bits per heavy atom. The highest BCUT2D eigenvalue weighted by Crippen LogP contribution is 2.24. The molecule has 3 aromatic carbocycles. The average molecular weight is 466 g/mol. The Kier molecular flexibility index (Phi) is 9.45. The number of methoxy groups -OCH3 is 4. The van der Waals surface area contributed by atoms with Gasteiger partial charge in [-0.25, -0.2) is 9.59 Å². The molecule has 0 fully saturated rings. The van der Waals surface area contributed by atoms with E-state index in [0.717, 1.165) is 0 Å². The number of rotatable bonds is 6. The molecule has 0 bridgehead atoms. The van der Waals surface area contributed by atoms with E-state index in [1.165, 1.54) is 28.4 Å². The van der Waals surface area contributed by atoms with Crippen molar-refractivity contribution in [3.63, 3.8) is 0 Å². The summed E-state index contributed by atoms with van der Waals surface area (Å²) in [5, 5.41) is 2.70. The zero-order valence-corrected chi connectivity index (χ0v) is 19.3. The van der Waals surface area contributed by atoms with Crippen molar-refractivity contribution in [3.8, 4) is 11.5 Å². The van der Waals surface area contributed by atoms with Crippen LogP contribution >= 0.6 is 0 Å². The van der Waals surface area contributed by atoms with Gasteiger partial charge in [-0.1, -0.05) is 18.2 Å². The maximum absolute atomic E-state index is 12.2. The minimum absolute atomic E-state index is 0.266. The van der Waals surface area contributed by atoms with Gasteiger partial charge in [-0.15, -0.1) is 0 Å². The molecule has 0 aliphatic heterocycles. The smallest absolute Gasteiger partial charge is 0.339 e. The van der Waals surface area contributed by atoms with Gasteiger partial charge >= 0.3 is 11.9 Å². The summed E-state index contributed by atoms with van der Waals surface area (Å²) in [6.45, 7) is 0. The lowest BCUT2D eigenvalue weighted by molar-refractivity contribution is 0.0592. The summed E-state index contributed by atoms with van der Waals surface area (Å²) < 4.78 is 19.3. The second-order valence-electron chi connectivity index (χ2n) is 6.67. The molecule has 0 heterocycles. The summed E-state index contributed by atoms with van der Waals surface area (Å²) in [5.41, 5.74) is 7.40. The summed E-state index contributed by atoms with van der Waals surface area (Å²) in [6.07, 6.45) is 0. The van der Waals surface area contributed by atoms with Crippen LogP contribution in [-0.4, -0.2) is 46.3 Å². The van der Waals surface area contributed by atoms with Crippen molar-refractivity contribution < 1.29 is 33.3 Å². The van der Waals surface area contributed by atoms with Gasteiger partial charge < -0.3 is 30.0 Å². The predicted molar refractivity (Wildman–Crippen MR) is 127 cm³/mol. The maximum Gasteiger partial charge on any atom is 0.339 e. The predicted octanol–water partition coefficient (Wildman–Crippen LogP) is 3.80. The van der Waals surface area contributed by atoms with Crippen LogP contribution in [0.4, 0.5) is 11.4 Å². The fraction of sp³-hybridized carbons (Fsp3) is 0.160. The third kappa shape index (κ3) is 6.73. The Balaban J connectivity index is 0.000000270. The van der Waals surface area contributed by atoms with Crippen molar-refractivity contribution in [1.82, 2.24) is 0 Å². The topological polar surface area (TPSA) is 126 Å². The number of esters is 2. The molecule has 3 N–H and O–H groups in total. The molecular formula is C25H26N2O7. The van der Waals surface area contributed by atoms with Crippen LogP contribution in [0.1, 0.15) is 31.1 Å². The van der Waals surface area contributed by atoms with E-state index in [1.54, 1.807) is 60.7 Å². The Labute approximate surface area is 197 Å². The molecule has 178 valence electrons. The third-order valence-corrected chi connectivity index (χ3v) is 4.58. The van der Waals surface area contributed by atoms with E-state index >= 15 is 0 Å². The van der Waals surface area contributed by atoms with Crippen molar-refractivity contribution in [2.75, 3.05) is 39.5 Å². The van der Waals surface area contributed by atoms with Crippen molar-refractivity contribution in [2.24, 2.45) is 0 Å². The molecule has 3 rings (SSSR count). The SMILES string of the molecule is COC(=O)c1ccc(OC)cc1N.COC(=O)c1ccc(OC)cc1NC(=O)c1ccccc1. The number of hydrogen-bond acceptors (Lipinski definition) is 8. The molecule has 0 aliphatic carbocycles. The summed E-state index contributed by atoms with van der Waals surface area (Å²) in [6, 6.07) is 18.3. The number of nitrogens with one attached hydrogen (secondary N) is 1. The fourth-order valence-corrected chi connectivity index (χ4v) is 2.79. The molecule has 9 heteroatoms. The minimum atomic E-state index is -0.527. The molecule has 9 nitrogen and oxygen atoms in total. The highest BCUT2D eigenvalue weighted by atomic mass is 16.5. The normalized spacial score (nSPS) is 9.65. The Hall–Kier alpha value is -4.53. The summed E-state index contributed by atoms with van der Waals surface area (Å²) in [5.74, 6) is -0.133. The molecular weight excluding hydrogens is 440 g/mol. The number of benzene rings is 3. The van der Waals surface area contributed by atoms with Gasteiger partial charge in [-0.05, 0) is 36.4 Å². The first kappa shape index (κ1) is 25.7. The first-order valence-electron chi connectivity index (χ1n) is 9.99. The summed E-state index contributed by atoms with van der Waals surface area (Å²) >= 11 is 0. The zero-order valence-electron chi connectivity index (χ0n) is 19.3. The largest absolute Gasteiger partial charge is 0.497 e. The number of nitrogens with two attached hydrogens (primary N) is 1. The van der Waals surface area contributed by atoms with E-state index in [0.29, 0.717) is 34.0 Å². The van der Waals surface area contributed by atoms with Gasteiger partial charge in [0.1, 0.15) is 11.5 Å². The standard InChI is InChI=1S/C16H15NO4.C9H11NO3/c1-20-12-8-9-13(16(19)21-2)14(10-12)17-15(18)11-6-4-3-5-7-11;1-12-6-3-4-7(8(10)5-6)9(11)13-2/h3-10H,1-2H3,(H,17,18);3-5H,10H2,1-2H3. The summed E-state index contributed by atoms with van der Waals surface area (Å²) in [7, 11) is 5.64. The molecule has 0 saturated heterocycles. The van der Waals surface area contributed by atoms with E-state index in [1.807, 2.05) is 6.07 Å². The van der Waals surface area contributed by atoms with Crippen LogP contribution in [0.3, 0.4) is 0 Å². The van der Waals surface area contributed by atoms with Crippen LogP contribution in [0.2, 0.25) is 0 Å². The molecule has 0 atom stereocenters. The molecule has 0 aliphatic rings. The van der Waals surface area contributed by atoms with Crippen LogP contribution in [-0.2, 0) is 9.47 Å². The maximum atomic E-state index is 12.2. The van der Waals surface area contributed by atoms with E-state index in [-0.39, 0.29) is 11.5 Å². The molecule has 0 radical (unpaired) electrons. The number of nitrogen functional groups attached to an aromatic ring is 1. The molecule has 0 aromatic heterocycles. The van der Waals surface area contributed by atoms with Crippen LogP contribution in [0.25, 0.3) is 0 Å². The first-order chi connectivity index (χ1) is 16.3. The molecule has 0 spiro atoms. The number of carbonyl (C=O) groups is 3. The molecule has 0 unspecified atom stereocenters. The van der Waals surface area contributed by atoms with E-state index in [2.05, 4.69) is 10.1 Å². The van der Waals surface area contributed by atoms with Crippen molar-refractivity contribution in [1.29, 1.82) is 0 Å². The number of carbonyl (C=O) groups excluding carboxylic acids is 3. The Morgan fingerprint density at radius 3 is 1.76 bits per heavy atom. The molecule has 3 aromatic rings. The Morgan fingerprint density at radius 2 is 1.24 bits per heavy atom. The van der Waals surface area contributed by atoms with Gasteiger partial charge in [0, 0.05) is 23.4 Å². The van der Waals surface area contributed by atoms with Gasteiger partial charge in [-0.2, -0.15) is 0 Å². The molecule has 34 heavy (non-hydrogen) atoms. The summed E-state index contributed by atoms with van der Waals surface area (Å²) in [4.78, 5) is 35.0. The first-order valence-corrected chi connectivity index (χ1v) is 9.99. The fourth-order valence-electron chi connectivity index (χ4n) is 2.79. The highest BCUT2D eigenvalue weighted by molar-refractivity contribution is 6.08. The van der Waals surface area contributed by atoms with Crippen molar-refractivity contribution >= 4 is 29.2 Å². The third-order valence-electron chi connectivity index (χ3n) is 4.58. The van der Waals surface area contributed by atoms with Crippen LogP contribution in [0.5, 0.6) is 11.5 Å². The lowest BCUT2D eigenvalue weighted by atomic mass is 10.1. The lowest BCUT2D eigenvalue weighted by Gasteiger charge is -2.11. The lowest BCUT2D eigenvalue weighted by Crippen LogP contribution is -2.15. The van der Waals surface area contributed by atoms with E-state index in [9.17, 15) is 14.4 Å². The second-order valence-corrected chi connectivity index (χ2v) is 6.67. The number of hydrogen-bond donors (Lipinski definition) is 2. The quantitative estimate of drug-likeness (QED) is 0.415. The molecule has 1 amide bonds. The second kappa shape index (κ2) is 12.5. The average Bonchev–Trinajstić information content (AvgIpc) is 2.88. The van der Waals surface area contributed by atoms with Crippen molar-refractivity contribution in [3.05, 3.63) is 83.4 Å². The van der Waals surface area contributed by atoms with Crippen LogP contribution in [0.15, 0.2) is 66.7 Å². The van der Waals surface area contributed by atoms with E-state index in [4.69, 9.17) is 19.9 Å². The number of amides is 1. The van der Waals surface area contributed by atoms with Gasteiger partial charge in [0.25, 0.3) is 5.91 Å². The van der Waals surface area contributed by atoms with Crippen LogP contribution in [0, 0.1) is 0 Å². The Bertz CT molecular complexity index is 1150. The molecule has 0 saturated carbocycles. The van der Waals surface area contributed by atoms with Crippen molar-refractivity contribution in [2.45, 2.75) is 0 Å². The van der Waals surface area contributed by atoms with Gasteiger partial charge in [0.15, 0.2) is 0 Å². The monoisotopic (exact) mass is 466 g/mol. The van der Waals surface area contributed by atoms with Gasteiger partial charge in [0.05, 0.1) is 45.3 Å².